The number of amides is 1. The monoisotopic (exact) mass is 407 g/mol. The highest BCUT2D eigenvalue weighted by Crippen LogP contribution is 2.44. The van der Waals surface area contributed by atoms with E-state index in [0.717, 1.165) is 35.4 Å². The van der Waals surface area contributed by atoms with E-state index >= 15 is 0 Å². The molecule has 0 radical (unpaired) electrons. The highest BCUT2D eigenvalue weighted by atomic mass is 32.1. The van der Waals surface area contributed by atoms with Crippen LogP contribution in [-0.4, -0.2) is 35.0 Å². The molecule has 1 amide bonds. The van der Waals surface area contributed by atoms with Crippen LogP contribution in [0.3, 0.4) is 0 Å². The van der Waals surface area contributed by atoms with Crippen molar-refractivity contribution in [1.82, 2.24) is 9.97 Å². The van der Waals surface area contributed by atoms with E-state index in [2.05, 4.69) is 33.2 Å². The number of carbonyl (C=O) groups is 1. The van der Waals surface area contributed by atoms with Crippen LogP contribution >= 0.6 is 11.3 Å². The van der Waals surface area contributed by atoms with E-state index in [9.17, 15) is 4.79 Å². The van der Waals surface area contributed by atoms with Crippen molar-refractivity contribution in [3.63, 3.8) is 0 Å². The van der Waals surface area contributed by atoms with Crippen LogP contribution in [-0.2, 0) is 0 Å². The minimum Gasteiger partial charge on any atom is -0.368 e. The Morgan fingerprint density at radius 1 is 1.28 bits per heavy atom. The van der Waals surface area contributed by atoms with Crippen molar-refractivity contribution in [2.75, 3.05) is 23.3 Å². The first kappa shape index (κ1) is 18.5. The normalized spacial score (nSPS) is 22.1. The van der Waals surface area contributed by atoms with Crippen molar-refractivity contribution in [3.05, 3.63) is 47.2 Å². The van der Waals surface area contributed by atoms with Crippen LogP contribution < -0.4 is 16.0 Å². The summed E-state index contributed by atoms with van der Waals surface area (Å²) < 4.78 is 1.14. The number of thiophene rings is 1. The lowest BCUT2D eigenvalue weighted by Crippen LogP contribution is -2.46. The van der Waals surface area contributed by atoms with E-state index < -0.39 is 0 Å². The van der Waals surface area contributed by atoms with Crippen molar-refractivity contribution in [2.45, 2.75) is 38.1 Å². The fourth-order valence-corrected chi connectivity index (χ4v) is 5.35. The number of pyridine rings is 2. The highest BCUT2D eigenvalue weighted by Gasteiger charge is 2.26. The van der Waals surface area contributed by atoms with E-state index in [4.69, 9.17) is 5.73 Å². The van der Waals surface area contributed by atoms with Gasteiger partial charge in [0.2, 0.25) is 0 Å². The molecule has 1 aliphatic carbocycles. The van der Waals surface area contributed by atoms with Crippen molar-refractivity contribution in [3.8, 4) is 0 Å². The summed E-state index contributed by atoms with van der Waals surface area (Å²) in [5, 5.41) is 3.02. The fourth-order valence-electron chi connectivity index (χ4n) is 4.18. The zero-order chi connectivity index (χ0) is 20.0. The largest absolute Gasteiger partial charge is 0.368 e. The predicted octanol–water partition coefficient (Wildman–Crippen LogP) is 3.99. The molecule has 4 heterocycles. The molecule has 6 nitrogen and oxygen atoms in total. The molecule has 1 saturated carbocycles. The summed E-state index contributed by atoms with van der Waals surface area (Å²) >= 11 is 1.79. The predicted molar refractivity (Wildman–Crippen MR) is 118 cm³/mol. The SMILES string of the molecule is C[C@@H]1C[C@H](N)CN(c2ccncc2NC(=O)c2ccc3sc(C4CC4)cc3n2)C1. The lowest BCUT2D eigenvalue weighted by molar-refractivity contribution is 0.102. The molecule has 0 aromatic carbocycles. The standard InChI is InChI=1S/C22H25N5OS/c1-13-8-15(23)12-27(11-13)19-6-7-24-10-18(19)26-22(28)16-4-5-20-17(25-16)9-21(29-20)14-2-3-14/h4-7,9-10,13-15H,2-3,8,11-12,23H2,1H3,(H,26,28)/t13-,15+/m1/s1. The van der Waals surface area contributed by atoms with Gasteiger partial charge in [-0.15, -0.1) is 11.3 Å². The zero-order valence-electron chi connectivity index (χ0n) is 16.5. The molecule has 0 spiro atoms. The van der Waals surface area contributed by atoms with Crippen LogP contribution in [0.25, 0.3) is 10.2 Å². The van der Waals surface area contributed by atoms with Crippen LogP contribution in [0.2, 0.25) is 0 Å². The molecule has 2 atom stereocenters. The number of piperidine rings is 1. The number of aromatic nitrogens is 2. The van der Waals surface area contributed by atoms with Gasteiger partial charge in [-0.1, -0.05) is 6.92 Å². The molecule has 7 heteroatoms. The number of nitrogens with one attached hydrogen (secondary N) is 1. The maximum atomic E-state index is 12.9. The zero-order valence-corrected chi connectivity index (χ0v) is 17.3. The summed E-state index contributed by atoms with van der Waals surface area (Å²) in [4.78, 5) is 25.4. The van der Waals surface area contributed by atoms with Gasteiger partial charge < -0.3 is 16.0 Å². The molecule has 29 heavy (non-hydrogen) atoms. The summed E-state index contributed by atoms with van der Waals surface area (Å²) in [7, 11) is 0. The molecule has 2 aliphatic rings. The molecular formula is C22H25N5OS. The Hall–Kier alpha value is -2.51. The highest BCUT2D eigenvalue weighted by molar-refractivity contribution is 7.19. The molecule has 0 unspecified atom stereocenters. The average molecular weight is 408 g/mol. The molecule has 1 saturated heterocycles. The van der Waals surface area contributed by atoms with Gasteiger partial charge in [-0.3, -0.25) is 9.78 Å². The third-order valence-corrected chi connectivity index (χ3v) is 6.94. The minimum absolute atomic E-state index is 0.138. The van der Waals surface area contributed by atoms with Gasteiger partial charge in [-0.2, -0.15) is 0 Å². The van der Waals surface area contributed by atoms with Gasteiger partial charge in [-0.25, -0.2) is 4.98 Å². The van der Waals surface area contributed by atoms with Crippen LogP contribution in [0.4, 0.5) is 11.4 Å². The summed E-state index contributed by atoms with van der Waals surface area (Å²) in [5.74, 6) is 0.996. The number of hydrogen-bond donors (Lipinski definition) is 2. The molecule has 150 valence electrons. The van der Waals surface area contributed by atoms with E-state index in [-0.39, 0.29) is 11.9 Å². The third kappa shape index (κ3) is 3.84. The van der Waals surface area contributed by atoms with E-state index in [1.54, 1.807) is 29.8 Å². The van der Waals surface area contributed by atoms with Crippen molar-refractivity contribution in [2.24, 2.45) is 11.7 Å². The Morgan fingerprint density at radius 2 is 2.14 bits per heavy atom. The summed E-state index contributed by atoms with van der Waals surface area (Å²) in [6.07, 6.45) is 7.01. The molecule has 3 aromatic heterocycles. The van der Waals surface area contributed by atoms with E-state index in [0.29, 0.717) is 23.2 Å². The molecule has 3 N–H and O–H groups in total. The number of rotatable bonds is 4. The van der Waals surface area contributed by atoms with Crippen LogP contribution in [0.1, 0.15) is 47.5 Å². The summed E-state index contributed by atoms with van der Waals surface area (Å²) in [6.45, 7) is 3.91. The Morgan fingerprint density at radius 3 is 2.93 bits per heavy atom. The number of nitrogens with zero attached hydrogens (tertiary/aromatic N) is 3. The third-order valence-electron chi connectivity index (χ3n) is 5.68. The molecule has 1 aliphatic heterocycles. The fraction of sp³-hybridized carbons (Fsp3) is 0.409. The molecule has 3 aromatic rings. The topological polar surface area (TPSA) is 84.1 Å². The van der Waals surface area contributed by atoms with Crippen LogP contribution in [0, 0.1) is 5.92 Å². The molecular weight excluding hydrogens is 382 g/mol. The second kappa shape index (κ2) is 7.39. The van der Waals surface area contributed by atoms with Crippen molar-refractivity contribution < 1.29 is 4.79 Å². The molecule has 5 rings (SSSR count). The second-order valence-corrected chi connectivity index (χ2v) is 9.47. The lowest BCUT2D eigenvalue weighted by atomic mass is 9.96. The average Bonchev–Trinajstić information content (AvgIpc) is 3.46. The lowest BCUT2D eigenvalue weighted by Gasteiger charge is -2.37. The molecule has 0 bridgehead atoms. The number of fused-ring (bicyclic) bond motifs is 1. The Bertz CT molecular complexity index is 1050. The van der Waals surface area contributed by atoms with Crippen LogP contribution in [0.5, 0.6) is 0 Å². The van der Waals surface area contributed by atoms with E-state index in [1.807, 2.05) is 12.1 Å². The Labute approximate surface area is 174 Å². The van der Waals surface area contributed by atoms with Gasteiger partial charge in [-0.05, 0) is 55.4 Å². The quantitative estimate of drug-likeness (QED) is 0.683. The first-order chi connectivity index (χ1) is 14.1. The number of anilines is 2. The van der Waals surface area contributed by atoms with Gasteiger partial charge in [0.25, 0.3) is 5.91 Å². The first-order valence-electron chi connectivity index (χ1n) is 10.2. The number of nitrogens with two attached hydrogens (primary N) is 1. The van der Waals surface area contributed by atoms with Crippen molar-refractivity contribution in [1.29, 1.82) is 0 Å². The maximum Gasteiger partial charge on any atom is 0.274 e. The smallest absolute Gasteiger partial charge is 0.274 e. The second-order valence-electron chi connectivity index (χ2n) is 8.36. The minimum atomic E-state index is -0.213. The van der Waals surface area contributed by atoms with Crippen LogP contribution in [0.15, 0.2) is 36.7 Å². The first-order valence-corrected chi connectivity index (χ1v) is 11.0. The van der Waals surface area contributed by atoms with Gasteiger partial charge in [0.05, 0.1) is 27.8 Å². The van der Waals surface area contributed by atoms with Gasteiger partial charge >= 0.3 is 0 Å². The Balaban J connectivity index is 1.39. The molecule has 2 fully saturated rings. The van der Waals surface area contributed by atoms with Crippen molar-refractivity contribution >= 4 is 38.8 Å². The Kier molecular flexibility index (Phi) is 4.72. The number of carbonyl (C=O) groups excluding carboxylic acids is 1. The van der Waals surface area contributed by atoms with Gasteiger partial charge in [0.1, 0.15) is 5.69 Å². The number of hydrogen-bond acceptors (Lipinski definition) is 6. The van der Waals surface area contributed by atoms with Gasteiger partial charge in [0, 0.05) is 30.2 Å². The van der Waals surface area contributed by atoms with E-state index in [1.165, 1.54) is 17.7 Å². The maximum absolute atomic E-state index is 12.9. The summed E-state index contributed by atoms with van der Waals surface area (Å²) in [5.41, 5.74) is 9.22. The van der Waals surface area contributed by atoms with Gasteiger partial charge in [0.15, 0.2) is 0 Å². The summed E-state index contributed by atoms with van der Waals surface area (Å²) in [6, 6.07) is 8.03.